The lowest BCUT2D eigenvalue weighted by Gasteiger charge is -2.27. The van der Waals surface area contributed by atoms with E-state index in [1.54, 1.807) is 0 Å². The Kier molecular flexibility index (Phi) is 5.79. The van der Waals surface area contributed by atoms with Crippen molar-refractivity contribution < 1.29 is 14.3 Å². The molecule has 2 heterocycles. The molecule has 2 aromatic rings. The highest BCUT2D eigenvalue weighted by molar-refractivity contribution is 7.09. The van der Waals surface area contributed by atoms with Crippen LogP contribution in [0.1, 0.15) is 38.6 Å². The van der Waals surface area contributed by atoms with Crippen molar-refractivity contribution in [1.29, 1.82) is 0 Å². The van der Waals surface area contributed by atoms with E-state index in [1.165, 1.54) is 16.2 Å². The van der Waals surface area contributed by atoms with Gasteiger partial charge in [-0.05, 0) is 33.6 Å². The van der Waals surface area contributed by atoms with Gasteiger partial charge in [0.1, 0.15) is 16.7 Å². The summed E-state index contributed by atoms with van der Waals surface area (Å²) in [7, 11) is 0. The van der Waals surface area contributed by atoms with E-state index in [4.69, 9.17) is 4.74 Å². The van der Waals surface area contributed by atoms with Crippen molar-refractivity contribution in [3.05, 3.63) is 40.7 Å². The van der Waals surface area contributed by atoms with Gasteiger partial charge in [-0.25, -0.2) is 9.78 Å². The Bertz CT molecular complexity index is 798. The minimum absolute atomic E-state index is 0.158. The van der Waals surface area contributed by atoms with Crippen molar-refractivity contribution >= 4 is 23.3 Å². The molecule has 2 amide bonds. The van der Waals surface area contributed by atoms with E-state index in [1.807, 2.05) is 56.5 Å². The number of ether oxygens (including phenoxy) is 1. The van der Waals surface area contributed by atoms with Gasteiger partial charge in [-0.2, -0.15) is 0 Å². The highest BCUT2D eigenvalue weighted by atomic mass is 32.1. The second-order valence-corrected chi connectivity index (χ2v) is 8.48. The molecule has 27 heavy (non-hydrogen) atoms. The molecule has 3 rings (SSSR count). The summed E-state index contributed by atoms with van der Waals surface area (Å²) in [5.41, 5.74) is 1.38. The van der Waals surface area contributed by atoms with Crippen LogP contribution in [0.3, 0.4) is 0 Å². The second kappa shape index (κ2) is 8.08. The van der Waals surface area contributed by atoms with Crippen molar-refractivity contribution in [2.45, 2.75) is 51.8 Å². The number of benzene rings is 1. The third kappa shape index (κ3) is 5.07. The zero-order valence-corrected chi connectivity index (χ0v) is 16.7. The summed E-state index contributed by atoms with van der Waals surface area (Å²) in [4.78, 5) is 31.0. The highest BCUT2D eigenvalue weighted by Crippen LogP contribution is 2.23. The van der Waals surface area contributed by atoms with Crippen LogP contribution in [-0.4, -0.2) is 40.1 Å². The number of thiazole rings is 1. The maximum Gasteiger partial charge on any atom is 0.410 e. The normalized spacial score (nSPS) is 17.0. The summed E-state index contributed by atoms with van der Waals surface area (Å²) in [6.45, 7) is 6.37. The van der Waals surface area contributed by atoms with Gasteiger partial charge in [0, 0.05) is 17.5 Å². The van der Waals surface area contributed by atoms with Crippen LogP contribution in [0.25, 0.3) is 11.3 Å². The van der Waals surface area contributed by atoms with Crippen molar-refractivity contribution in [3.63, 3.8) is 0 Å². The van der Waals surface area contributed by atoms with Gasteiger partial charge < -0.3 is 10.1 Å². The SMILES string of the molecule is CC(C)(C)OC(=O)N1CCCC1C(=O)NCc1nc(-c2ccccc2)cs1. The van der Waals surface area contributed by atoms with Crippen LogP contribution in [0.2, 0.25) is 0 Å². The van der Waals surface area contributed by atoms with E-state index >= 15 is 0 Å². The molecular weight excluding hydrogens is 362 g/mol. The second-order valence-electron chi connectivity index (χ2n) is 7.54. The molecule has 0 spiro atoms. The molecule has 1 aliphatic heterocycles. The monoisotopic (exact) mass is 387 g/mol. The molecule has 1 N–H and O–H groups in total. The molecule has 1 fully saturated rings. The first-order valence-electron chi connectivity index (χ1n) is 9.10. The Hall–Kier alpha value is -2.41. The minimum atomic E-state index is -0.574. The Morgan fingerprint density at radius 3 is 2.74 bits per heavy atom. The summed E-state index contributed by atoms with van der Waals surface area (Å²) in [5.74, 6) is -0.158. The number of rotatable bonds is 4. The quantitative estimate of drug-likeness (QED) is 0.866. The summed E-state index contributed by atoms with van der Waals surface area (Å²) in [6, 6.07) is 9.45. The molecule has 7 heteroatoms. The summed E-state index contributed by atoms with van der Waals surface area (Å²) in [5, 5.41) is 5.74. The zero-order chi connectivity index (χ0) is 19.4. The number of aromatic nitrogens is 1. The molecule has 0 aliphatic carbocycles. The number of hydrogen-bond donors (Lipinski definition) is 1. The molecule has 1 aliphatic rings. The smallest absolute Gasteiger partial charge is 0.410 e. The van der Waals surface area contributed by atoms with Crippen molar-refractivity contribution in [1.82, 2.24) is 15.2 Å². The number of amides is 2. The first kappa shape index (κ1) is 19.4. The predicted octanol–water partition coefficient (Wildman–Crippen LogP) is 3.83. The van der Waals surface area contributed by atoms with E-state index in [9.17, 15) is 9.59 Å². The largest absolute Gasteiger partial charge is 0.444 e. The van der Waals surface area contributed by atoms with Crippen LogP contribution in [0.4, 0.5) is 4.79 Å². The van der Waals surface area contributed by atoms with Gasteiger partial charge in [-0.1, -0.05) is 30.3 Å². The van der Waals surface area contributed by atoms with Crippen molar-refractivity contribution in [2.75, 3.05) is 6.54 Å². The predicted molar refractivity (Wildman–Crippen MR) is 105 cm³/mol. The molecule has 1 aromatic carbocycles. The van der Waals surface area contributed by atoms with Crippen LogP contribution >= 0.6 is 11.3 Å². The topological polar surface area (TPSA) is 71.5 Å². The molecule has 0 bridgehead atoms. The zero-order valence-electron chi connectivity index (χ0n) is 15.9. The Labute approximate surface area is 163 Å². The van der Waals surface area contributed by atoms with Crippen LogP contribution in [-0.2, 0) is 16.1 Å². The first-order valence-corrected chi connectivity index (χ1v) is 9.98. The lowest BCUT2D eigenvalue weighted by Crippen LogP contribution is -2.47. The Morgan fingerprint density at radius 1 is 1.30 bits per heavy atom. The molecule has 1 saturated heterocycles. The maximum atomic E-state index is 12.6. The van der Waals surface area contributed by atoms with Crippen LogP contribution < -0.4 is 5.32 Å². The van der Waals surface area contributed by atoms with E-state index < -0.39 is 17.7 Å². The van der Waals surface area contributed by atoms with Gasteiger partial charge in [0.15, 0.2) is 0 Å². The van der Waals surface area contributed by atoms with Crippen LogP contribution in [0.5, 0.6) is 0 Å². The fraction of sp³-hybridized carbons (Fsp3) is 0.450. The molecule has 1 aromatic heterocycles. The average molecular weight is 388 g/mol. The Morgan fingerprint density at radius 2 is 2.04 bits per heavy atom. The number of nitrogens with zero attached hydrogens (tertiary/aromatic N) is 2. The van der Waals surface area contributed by atoms with Gasteiger partial charge in [0.2, 0.25) is 5.91 Å². The van der Waals surface area contributed by atoms with E-state index in [2.05, 4.69) is 10.3 Å². The van der Waals surface area contributed by atoms with E-state index in [0.29, 0.717) is 19.5 Å². The third-order valence-electron chi connectivity index (χ3n) is 4.22. The third-order valence-corrected chi connectivity index (χ3v) is 5.07. The standard InChI is InChI=1S/C20H25N3O3S/c1-20(2,3)26-19(25)23-11-7-10-16(23)18(24)21-12-17-22-15(13-27-17)14-8-5-4-6-9-14/h4-6,8-9,13,16H,7,10-12H2,1-3H3,(H,21,24). The molecule has 6 nitrogen and oxygen atoms in total. The summed E-state index contributed by atoms with van der Waals surface area (Å²) in [6.07, 6.45) is 1.02. The van der Waals surface area contributed by atoms with E-state index in [0.717, 1.165) is 22.7 Å². The lowest BCUT2D eigenvalue weighted by molar-refractivity contribution is -0.125. The molecular formula is C20H25N3O3S. The van der Waals surface area contributed by atoms with Crippen molar-refractivity contribution in [2.24, 2.45) is 0 Å². The maximum absolute atomic E-state index is 12.6. The van der Waals surface area contributed by atoms with Gasteiger partial charge >= 0.3 is 6.09 Å². The average Bonchev–Trinajstić information content (AvgIpc) is 3.28. The number of nitrogens with one attached hydrogen (secondary N) is 1. The van der Waals surface area contributed by atoms with Crippen molar-refractivity contribution in [3.8, 4) is 11.3 Å². The van der Waals surface area contributed by atoms with Crippen LogP contribution in [0.15, 0.2) is 35.7 Å². The minimum Gasteiger partial charge on any atom is -0.444 e. The van der Waals surface area contributed by atoms with Gasteiger partial charge in [0.05, 0.1) is 12.2 Å². The Balaban J connectivity index is 1.57. The number of likely N-dealkylation sites (tertiary alicyclic amines) is 1. The fourth-order valence-corrected chi connectivity index (χ4v) is 3.74. The molecule has 0 saturated carbocycles. The molecule has 1 atom stereocenters. The lowest BCUT2D eigenvalue weighted by atomic mass is 10.2. The fourth-order valence-electron chi connectivity index (χ4n) is 2.99. The number of carbonyl (C=O) groups excluding carboxylic acids is 2. The number of hydrogen-bond acceptors (Lipinski definition) is 5. The molecule has 0 radical (unpaired) electrons. The highest BCUT2D eigenvalue weighted by Gasteiger charge is 2.36. The van der Waals surface area contributed by atoms with Crippen LogP contribution in [0, 0.1) is 0 Å². The first-order chi connectivity index (χ1) is 12.8. The molecule has 1 unspecified atom stereocenters. The van der Waals surface area contributed by atoms with E-state index in [-0.39, 0.29) is 5.91 Å². The summed E-state index contributed by atoms with van der Waals surface area (Å²) >= 11 is 1.51. The number of carbonyl (C=O) groups is 2. The van der Waals surface area contributed by atoms with Gasteiger partial charge in [0.25, 0.3) is 0 Å². The summed E-state index contributed by atoms with van der Waals surface area (Å²) < 4.78 is 5.41. The van der Waals surface area contributed by atoms with Gasteiger partial charge in [-0.3, -0.25) is 9.69 Å². The van der Waals surface area contributed by atoms with Gasteiger partial charge in [-0.15, -0.1) is 11.3 Å². The molecule has 144 valence electrons.